The van der Waals surface area contributed by atoms with Crippen molar-refractivity contribution in [1.29, 1.82) is 0 Å². The lowest BCUT2D eigenvalue weighted by molar-refractivity contribution is 0.322. The molecule has 0 atom stereocenters. The van der Waals surface area contributed by atoms with Gasteiger partial charge in [-0.15, -0.1) is 11.8 Å². The quantitative estimate of drug-likeness (QED) is 0.676. The topological polar surface area (TPSA) is 46.0 Å². The van der Waals surface area contributed by atoms with E-state index in [9.17, 15) is 0 Å². The van der Waals surface area contributed by atoms with E-state index in [4.69, 9.17) is 5.11 Å². The molecule has 1 aromatic rings. The first kappa shape index (κ1) is 10.4. The van der Waals surface area contributed by atoms with Gasteiger partial charge >= 0.3 is 0 Å². The van der Waals surface area contributed by atoms with Gasteiger partial charge in [-0.05, 0) is 28.8 Å². The van der Waals surface area contributed by atoms with Gasteiger partial charge < -0.3 is 5.11 Å². The van der Waals surface area contributed by atoms with Crippen LogP contribution in [0.2, 0.25) is 0 Å². The zero-order valence-electron chi connectivity index (χ0n) is 7.61. The zero-order chi connectivity index (χ0) is 9.97. The third-order valence-corrected chi connectivity index (χ3v) is 3.27. The largest absolute Gasteiger partial charge is 0.396 e. The van der Waals surface area contributed by atoms with Crippen LogP contribution in [0.25, 0.3) is 0 Å². The molecule has 1 aliphatic rings. The first-order chi connectivity index (χ1) is 6.79. The van der Waals surface area contributed by atoms with Crippen LogP contribution in [0.4, 0.5) is 0 Å². The maximum atomic E-state index is 8.71. The fourth-order valence-corrected chi connectivity index (χ4v) is 2.37. The van der Waals surface area contributed by atoms with Crippen LogP contribution in [0.15, 0.2) is 15.7 Å². The molecule has 0 radical (unpaired) electrons. The van der Waals surface area contributed by atoms with Crippen molar-refractivity contribution >= 4 is 27.7 Å². The van der Waals surface area contributed by atoms with Crippen LogP contribution in [-0.2, 0) is 0 Å². The van der Waals surface area contributed by atoms with Gasteiger partial charge in [-0.3, -0.25) is 0 Å². The molecule has 1 saturated carbocycles. The molecule has 0 bridgehead atoms. The molecule has 0 spiro atoms. The van der Waals surface area contributed by atoms with Gasteiger partial charge in [0.25, 0.3) is 0 Å². The van der Waals surface area contributed by atoms with Gasteiger partial charge in [-0.25, -0.2) is 9.97 Å². The predicted molar refractivity (Wildman–Crippen MR) is 59.5 cm³/mol. The summed E-state index contributed by atoms with van der Waals surface area (Å²) < 4.78 is 0.842. The minimum Gasteiger partial charge on any atom is -0.396 e. The van der Waals surface area contributed by atoms with Crippen molar-refractivity contribution in [2.45, 2.75) is 23.8 Å². The van der Waals surface area contributed by atoms with Crippen molar-refractivity contribution in [3.8, 4) is 0 Å². The van der Waals surface area contributed by atoms with Gasteiger partial charge in [0.2, 0.25) is 0 Å². The molecule has 3 nitrogen and oxygen atoms in total. The molecule has 1 N–H and O–H groups in total. The number of halogens is 1. The first-order valence-electron chi connectivity index (χ1n) is 4.57. The number of nitrogens with zero attached hydrogens (tertiary/aromatic N) is 2. The Morgan fingerprint density at radius 3 is 2.93 bits per heavy atom. The van der Waals surface area contributed by atoms with E-state index in [1.165, 1.54) is 12.8 Å². The third-order valence-electron chi connectivity index (χ3n) is 1.97. The molecule has 0 aliphatic heterocycles. The van der Waals surface area contributed by atoms with E-state index in [-0.39, 0.29) is 6.61 Å². The van der Waals surface area contributed by atoms with E-state index in [0.29, 0.717) is 11.7 Å². The lowest BCUT2D eigenvalue weighted by Crippen LogP contribution is -1.96. The van der Waals surface area contributed by atoms with Gasteiger partial charge in [0.05, 0.1) is 6.61 Å². The van der Waals surface area contributed by atoms with E-state index in [2.05, 4.69) is 25.9 Å². The number of rotatable bonds is 4. The lowest BCUT2D eigenvalue weighted by Gasteiger charge is -2.02. The van der Waals surface area contributed by atoms with Crippen LogP contribution in [0, 0.1) is 0 Å². The molecular weight excluding hydrogens is 264 g/mol. The molecule has 1 aliphatic carbocycles. The number of hydrogen-bond acceptors (Lipinski definition) is 4. The average molecular weight is 275 g/mol. The molecule has 5 heteroatoms. The van der Waals surface area contributed by atoms with E-state index >= 15 is 0 Å². The standard InChI is InChI=1S/C9H11BrN2OS/c10-7-5-8(14-4-3-13)12-9(11-7)6-1-2-6/h5-6,13H,1-4H2. The summed E-state index contributed by atoms with van der Waals surface area (Å²) in [5, 5.41) is 9.66. The Morgan fingerprint density at radius 2 is 2.29 bits per heavy atom. The molecule has 1 heterocycles. The highest BCUT2D eigenvalue weighted by Crippen LogP contribution is 2.39. The Bertz CT molecular complexity index is 331. The van der Waals surface area contributed by atoms with Crippen molar-refractivity contribution in [3.05, 3.63) is 16.5 Å². The summed E-state index contributed by atoms with van der Waals surface area (Å²) in [7, 11) is 0. The summed E-state index contributed by atoms with van der Waals surface area (Å²) in [6, 6.07) is 1.90. The zero-order valence-corrected chi connectivity index (χ0v) is 10.0. The Balaban J connectivity index is 2.13. The SMILES string of the molecule is OCCSc1cc(Br)nc(C2CC2)n1. The van der Waals surface area contributed by atoms with Crippen molar-refractivity contribution in [3.63, 3.8) is 0 Å². The second kappa shape index (κ2) is 4.59. The average Bonchev–Trinajstić information content (AvgIpc) is 2.97. The van der Waals surface area contributed by atoms with Crippen LogP contribution < -0.4 is 0 Å². The summed E-state index contributed by atoms with van der Waals surface area (Å²) in [5.74, 6) is 2.20. The molecule has 2 rings (SSSR count). The van der Waals surface area contributed by atoms with Crippen molar-refractivity contribution in [2.75, 3.05) is 12.4 Å². The lowest BCUT2D eigenvalue weighted by atomic mass is 10.4. The highest BCUT2D eigenvalue weighted by atomic mass is 79.9. The van der Waals surface area contributed by atoms with Crippen molar-refractivity contribution < 1.29 is 5.11 Å². The second-order valence-electron chi connectivity index (χ2n) is 3.23. The summed E-state index contributed by atoms with van der Waals surface area (Å²) in [4.78, 5) is 8.78. The highest BCUT2D eigenvalue weighted by Gasteiger charge is 2.27. The van der Waals surface area contributed by atoms with Crippen LogP contribution in [0.5, 0.6) is 0 Å². The monoisotopic (exact) mass is 274 g/mol. The number of aliphatic hydroxyl groups excluding tert-OH is 1. The minimum atomic E-state index is 0.186. The van der Waals surface area contributed by atoms with Crippen LogP contribution >= 0.6 is 27.7 Å². The maximum Gasteiger partial charge on any atom is 0.134 e. The molecular formula is C9H11BrN2OS. The molecule has 14 heavy (non-hydrogen) atoms. The summed E-state index contributed by atoms with van der Waals surface area (Å²) in [5.41, 5.74) is 0. The van der Waals surface area contributed by atoms with Gasteiger partial charge in [-0.2, -0.15) is 0 Å². The molecule has 0 aromatic carbocycles. The van der Waals surface area contributed by atoms with Gasteiger partial charge in [-0.1, -0.05) is 0 Å². The van der Waals surface area contributed by atoms with Crippen molar-refractivity contribution in [2.24, 2.45) is 0 Å². The molecule has 1 fully saturated rings. The van der Waals surface area contributed by atoms with E-state index in [0.717, 1.165) is 15.5 Å². The molecule has 0 saturated heterocycles. The predicted octanol–water partition coefficient (Wildman–Crippen LogP) is 2.20. The van der Waals surface area contributed by atoms with Gasteiger partial charge in [0.1, 0.15) is 15.5 Å². The van der Waals surface area contributed by atoms with Gasteiger partial charge in [0.15, 0.2) is 0 Å². The first-order valence-corrected chi connectivity index (χ1v) is 6.35. The fourth-order valence-electron chi connectivity index (χ4n) is 1.16. The van der Waals surface area contributed by atoms with Crippen LogP contribution in [0.1, 0.15) is 24.6 Å². The Kier molecular flexibility index (Phi) is 3.41. The minimum absolute atomic E-state index is 0.186. The molecule has 76 valence electrons. The Hall–Kier alpha value is -0.130. The van der Waals surface area contributed by atoms with E-state index < -0.39 is 0 Å². The number of aromatic nitrogens is 2. The second-order valence-corrected chi connectivity index (χ2v) is 5.16. The summed E-state index contributed by atoms with van der Waals surface area (Å²) >= 11 is 4.94. The summed E-state index contributed by atoms with van der Waals surface area (Å²) in [6.45, 7) is 0.186. The number of aliphatic hydroxyl groups is 1. The van der Waals surface area contributed by atoms with Crippen LogP contribution in [0.3, 0.4) is 0 Å². The third kappa shape index (κ3) is 2.68. The normalized spacial score (nSPS) is 15.9. The maximum absolute atomic E-state index is 8.71. The van der Waals surface area contributed by atoms with Gasteiger partial charge in [0, 0.05) is 17.7 Å². The van der Waals surface area contributed by atoms with Crippen LogP contribution in [-0.4, -0.2) is 27.4 Å². The van der Waals surface area contributed by atoms with E-state index in [1.807, 2.05) is 6.07 Å². The Morgan fingerprint density at radius 1 is 1.50 bits per heavy atom. The molecule has 1 aromatic heterocycles. The molecule has 0 amide bonds. The van der Waals surface area contributed by atoms with Crippen molar-refractivity contribution in [1.82, 2.24) is 9.97 Å². The molecule has 0 unspecified atom stereocenters. The fraction of sp³-hybridized carbons (Fsp3) is 0.556. The smallest absolute Gasteiger partial charge is 0.134 e. The Labute approximate surface area is 95.5 Å². The number of thioether (sulfide) groups is 1. The van der Waals surface area contributed by atoms with E-state index in [1.54, 1.807) is 11.8 Å². The summed E-state index contributed by atoms with van der Waals surface area (Å²) in [6.07, 6.45) is 2.42. The number of hydrogen-bond donors (Lipinski definition) is 1. The highest BCUT2D eigenvalue weighted by molar-refractivity contribution is 9.10.